The fraction of sp³-hybridized carbons (Fsp3) is 0.318. The van der Waals surface area contributed by atoms with E-state index < -0.39 is 0 Å². The average molecular weight is 411 g/mol. The zero-order valence-electron chi connectivity index (χ0n) is 17.0. The Kier molecular flexibility index (Phi) is 6.90. The van der Waals surface area contributed by atoms with Gasteiger partial charge in [-0.15, -0.1) is 0 Å². The van der Waals surface area contributed by atoms with Crippen LogP contribution < -0.4 is 25.0 Å². The molecule has 0 aliphatic carbocycles. The van der Waals surface area contributed by atoms with Crippen LogP contribution in [0, 0.1) is 5.92 Å². The smallest absolute Gasteiger partial charge is 0.262 e. The molecule has 3 rings (SSSR count). The second-order valence-corrected chi connectivity index (χ2v) is 6.81. The molecule has 1 saturated heterocycles. The predicted octanol–water partition coefficient (Wildman–Crippen LogP) is 2.20. The van der Waals surface area contributed by atoms with Gasteiger partial charge in [0.25, 0.3) is 5.91 Å². The van der Waals surface area contributed by atoms with E-state index >= 15 is 0 Å². The summed E-state index contributed by atoms with van der Waals surface area (Å²) in [7, 11) is 1.56. The molecule has 8 heteroatoms. The maximum atomic E-state index is 12.2. The number of hydrogen-bond acceptors (Lipinski definition) is 5. The van der Waals surface area contributed by atoms with Gasteiger partial charge in [0.05, 0.1) is 12.5 Å². The van der Waals surface area contributed by atoms with Crippen LogP contribution in [0.4, 0.5) is 11.4 Å². The van der Waals surface area contributed by atoms with Crippen molar-refractivity contribution in [1.82, 2.24) is 5.32 Å². The van der Waals surface area contributed by atoms with Gasteiger partial charge in [-0.2, -0.15) is 0 Å². The Morgan fingerprint density at radius 2 is 1.67 bits per heavy atom. The molecule has 1 aliphatic rings. The molecule has 2 aromatic carbocycles. The molecule has 0 saturated carbocycles. The van der Waals surface area contributed by atoms with Gasteiger partial charge < -0.3 is 25.0 Å². The van der Waals surface area contributed by atoms with Crippen molar-refractivity contribution >= 4 is 29.1 Å². The number of ether oxygens (including phenoxy) is 2. The lowest BCUT2D eigenvalue weighted by Gasteiger charge is -2.17. The van der Waals surface area contributed by atoms with Crippen molar-refractivity contribution in [2.75, 3.05) is 37.0 Å². The van der Waals surface area contributed by atoms with Crippen LogP contribution in [-0.2, 0) is 14.4 Å². The number of carbonyl (C=O) groups excluding carboxylic acids is 3. The first kappa shape index (κ1) is 21.2. The Balaban J connectivity index is 1.50. The van der Waals surface area contributed by atoms with Gasteiger partial charge in [0, 0.05) is 31.4 Å². The largest absolute Gasteiger partial charge is 0.494 e. The first-order valence-electron chi connectivity index (χ1n) is 9.77. The fourth-order valence-electron chi connectivity index (χ4n) is 3.21. The maximum Gasteiger partial charge on any atom is 0.262 e. The van der Waals surface area contributed by atoms with E-state index in [1.807, 2.05) is 6.92 Å². The van der Waals surface area contributed by atoms with E-state index in [0.29, 0.717) is 30.3 Å². The van der Waals surface area contributed by atoms with Crippen molar-refractivity contribution in [3.63, 3.8) is 0 Å². The second-order valence-electron chi connectivity index (χ2n) is 6.81. The molecule has 1 heterocycles. The van der Waals surface area contributed by atoms with E-state index in [1.165, 1.54) is 0 Å². The van der Waals surface area contributed by atoms with Gasteiger partial charge in [0.2, 0.25) is 11.8 Å². The molecule has 8 nitrogen and oxygen atoms in total. The van der Waals surface area contributed by atoms with Crippen LogP contribution >= 0.6 is 0 Å². The quantitative estimate of drug-likeness (QED) is 0.694. The molecule has 0 aromatic heterocycles. The summed E-state index contributed by atoms with van der Waals surface area (Å²) < 4.78 is 10.9. The number of nitrogens with one attached hydrogen (secondary N) is 2. The standard InChI is InChI=1S/C22H25N3O5/c1-3-29-18-8-4-16(5-9-18)24-20(26)14-30-19-10-6-17(7-11-19)25-13-15(12-21(25)27)22(28)23-2/h4-11,15H,3,12-14H2,1-2H3,(H,23,28)(H,24,26)/t15-/m1/s1. The number of hydrogen-bond donors (Lipinski definition) is 2. The SMILES string of the molecule is CCOc1ccc(NC(=O)COc2ccc(N3C[C@H](C(=O)NC)CC3=O)cc2)cc1. The molecule has 1 atom stereocenters. The van der Waals surface area contributed by atoms with Crippen molar-refractivity contribution in [3.05, 3.63) is 48.5 Å². The lowest BCUT2D eigenvalue weighted by atomic mass is 10.1. The fourth-order valence-corrected chi connectivity index (χ4v) is 3.21. The van der Waals surface area contributed by atoms with E-state index in [4.69, 9.17) is 9.47 Å². The number of carbonyl (C=O) groups is 3. The molecule has 0 unspecified atom stereocenters. The third-order valence-electron chi connectivity index (χ3n) is 4.71. The molecule has 2 aromatic rings. The van der Waals surface area contributed by atoms with Crippen LogP contribution in [0.15, 0.2) is 48.5 Å². The van der Waals surface area contributed by atoms with E-state index in [1.54, 1.807) is 60.5 Å². The highest BCUT2D eigenvalue weighted by atomic mass is 16.5. The third kappa shape index (κ3) is 5.28. The zero-order chi connectivity index (χ0) is 21.5. The summed E-state index contributed by atoms with van der Waals surface area (Å²) in [5.74, 6) is 0.396. The highest BCUT2D eigenvalue weighted by Crippen LogP contribution is 2.27. The van der Waals surface area contributed by atoms with E-state index in [2.05, 4.69) is 10.6 Å². The Morgan fingerprint density at radius 1 is 1.03 bits per heavy atom. The Morgan fingerprint density at radius 3 is 2.30 bits per heavy atom. The van der Waals surface area contributed by atoms with Gasteiger partial charge in [0.1, 0.15) is 11.5 Å². The Bertz CT molecular complexity index is 896. The Labute approximate surface area is 175 Å². The van der Waals surface area contributed by atoms with Crippen molar-refractivity contribution in [2.45, 2.75) is 13.3 Å². The van der Waals surface area contributed by atoms with Crippen LogP contribution in [0.3, 0.4) is 0 Å². The summed E-state index contributed by atoms with van der Waals surface area (Å²) in [5.41, 5.74) is 1.35. The Hall–Kier alpha value is -3.55. The van der Waals surface area contributed by atoms with Gasteiger partial charge in [-0.05, 0) is 55.5 Å². The van der Waals surface area contributed by atoms with Gasteiger partial charge >= 0.3 is 0 Å². The molecule has 0 bridgehead atoms. The summed E-state index contributed by atoms with van der Waals surface area (Å²) >= 11 is 0. The molecule has 0 spiro atoms. The maximum absolute atomic E-state index is 12.2. The normalized spacial score (nSPS) is 15.6. The van der Waals surface area contributed by atoms with Gasteiger partial charge in [-0.25, -0.2) is 0 Å². The topological polar surface area (TPSA) is 97.0 Å². The van der Waals surface area contributed by atoms with Crippen LogP contribution in [0.5, 0.6) is 11.5 Å². The van der Waals surface area contributed by atoms with Crippen molar-refractivity contribution < 1.29 is 23.9 Å². The third-order valence-corrected chi connectivity index (χ3v) is 4.71. The first-order chi connectivity index (χ1) is 14.5. The van der Waals surface area contributed by atoms with Gasteiger partial charge in [-0.1, -0.05) is 0 Å². The van der Waals surface area contributed by atoms with Gasteiger partial charge in [-0.3, -0.25) is 14.4 Å². The average Bonchev–Trinajstić information content (AvgIpc) is 3.15. The van der Waals surface area contributed by atoms with Crippen molar-refractivity contribution in [1.29, 1.82) is 0 Å². The molecule has 2 N–H and O–H groups in total. The summed E-state index contributed by atoms with van der Waals surface area (Å²) in [4.78, 5) is 37.6. The zero-order valence-corrected chi connectivity index (χ0v) is 17.0. The summed E-state index contributed by atoms with van der Waals surface area (Å²) in [5, 5.41) is 5.33. The van der Waals surface area contributed by atoms with Crippen molar-refractivity contribution in [2.24, 2.45) is 5.92 Å². The monoisotopic (exact) mass is 411 g/mol. The molecule has 1 aliphatic heterocycles. The molecular weight excluding hydrogens is 386 g/mol. The molecule has 3 amide bonds. The second kappa shape index (κ2) is 9.78. The van der Waals surface area contributed by atoms with Crippen LogP contribution in [0.1, 0.15) is 13.3 Å². The van der Waals surface area contributed by atoms with Crippen LogP contribution in [-0.4, -0.2) is 44.5 Å². The van der Waals surface area contributed by atoms with Crippen LogP contribution in [0.25, 0.3) is 0 Å². The summed E-state index contributed by atoms with van der Waals surface area (Å²) in [6.45, 7) is 2.69. The van der Waals surface area contributed by atoms with E-state index in [9.17, 15) is 14.4 Å². The van der Waals surface area contributed by atoms with E-state index in [-0.39, 0.29) is 36.7 Å². The van der Waals surface area contributed by atoms with E-state index in [0.717, 1.165) is 5.75 Å². The molecule has 1 fully saturated rings. The lowest BCUT2D eigenvalue weighted by Crippen LogP contribution is -2.30. The molecule has 0 radical (unpaired) electrons. The predicted molar refractivity (Wildman–Crippen MR) is 113 cm³/mol. The minimum atomic E-state index is -0.343. The highest BCUT2D eigenvalue weighted by molar-refractivity contribution is 6.00. The summed E-state index contributed by atoms with van der Waals surface area (Å²) in [6, 6.07) is 14.0. The highest BCUT2D eigenvalue weighted by Gasteiger charge is 2.34. The minimum Gasteiger partial charge on any atom is -0.494 e. The number of benzene rings is 2. The van der Waals surface area contributed by atoms with Crippen molar-refractivity contribution in [3.8, 4) is 11.5 Å². The number of rotatable bonds is 8. The molecular formula is C22H25N3O5. The molecule has 158 valence electrons. The summed E-state index contributed by atoms with van der Waals surface area (Å²) in [6.07, 6.45) is 0.198. The lowest BCUT2D eigenvalue weighted by molar-refractivity contribution is -0.125. The number of anilines is 2. The van der Waals surface area contributed by atoms with Crippen LogP contribution in [0.2, 0.25) is 0 Å². The number of nitrogens with zero attached hydrogens (tertiary/aromatic N) is 1. The number of amides is 3. The van der Waals surface area contributed by atoms with Gasteiger partial charge in [0.15, 0.2) is 6.61 Å². The first-order valence-corrected chi connectivity index (χ1v) is 9.77. The minimum absolute atomic E-state index is 0.0907. The molecule has 30 heavy (non-hydrogen) atoms.